The molecule has 1 saturated carbocycles. The maximum Gasteiger partial charge on any atom is 0.169 e. The number of ether oxygens (including phenoxy) is 4. The van der Waals surface area contributed by atoms with Crippen molar-refractivity contribution in [1.82, 2.24) is 4.90 Å². The van der Waals surface area contributed by atoms with Crippen molar-refractivity contribution in [3.05, 3.63) is 0 Å². The third kappa shape index (κ3) is 6.17. The van der Waals surface area contributed by atoms with Crippen LogP contribution in [0.5, 0.6) is 0 Å². The Morgan fingerprint density at radius 2 is 1.93 bits per heavy atom. The van der Waals surface area contributed by atoms with Gasteiger partial charge in [-0.25, -0.2) is 0 Å². The first-order valence-corrected chi connectivity index (χ1v) is 10.4. The van der Waals surface area contributed by atoms with Crippen molar-refractivity contribution in [1.29, 1.82) is 0 Å². The Morgan fingerprint density at radius 1 is 1.26 bits per heavy atom. The van der Waals surface area contributed by atoms with Crippen molar-refractivity contribution in [3.8, 4) is 12.3 Å². The molecule has 27 heavy (non-hydrogen) atoms. The Balaban J connectivity index is 1.79. The fraction of sp³-hybridized carbons (Fsp3) is 0.909. The van der Waals surface area contributed by atoms with Crippen LogP contribution in [0, 0.1) is 23.7 Å². The standard InChI is InChI=1S/C22H39NO4/c1-7-14-23(16-20(24-5)25-6)15-11-19-17-26-22(27-19)12-9-18(10-13-22)21(3,4)8-2/h1,18-20H,8-17H2,2-6H3. The van der Waals surface area contributed by atoms with Gasteiger partial charge in [0.1, 0.15) is 0 Å². The molecule has 1 atom stereocenters. The molecule has 0 aromatic rings. The summed E-state index contributed by atoms with van der Waals surface area (Å²) < 4.78 is 23.2. The van der Waals surface area contributed by atoms with E-state index in [1.165, 1.54) is 19.3 Å². The Hall–Kier alpha value is -0.640. The molecule has 2 rings (SSSR count). The van der Waals surface area contributed by atoms with Gasteiger partial charge in [0.05, 0.1) is 25.8 Å². The van der Waals surface area contributed by atoms with Crippen LogP contribution in [-0.2, 0) is 18.9 Å². The van der Waals surface area contributed by atoms with Gasteiger partial charge in [-0.2, -0.15) is 0 Å². The Labute approximate surface area is 166 Å². The van der Waals surface area contributed by atoms with Crippen LogP contribution in [-0.4, -0.2) is 63.5 Å². The number of hydrogen-bond acceptors (Lipinski definition) is 5. The van der Waals surface area contributed by atoms with Crippen LogP contribution >= 0.6 is 0 Å². The number of hydrogen-bond donors (Lipinski definition) is 0. The molecule has 1 unspecified atom stereocenters. The van der Waals surface area contributed by atoms with E-state index < -0.39 is 0 Å². The van der Waals surface area contributed by atoms with Gasteiger partial charge in [0.2, 0.25) is 0 Å². The zero-order valence-electron chi connectivity index (χ0n) is 18.0. The van der Waals surface area contributed by atoms with E-state index in [9.17, 15) is 0 Å². The van der Waals surface area contributed by atoms with Crippen LogP contribution in [0.25, 0.3) is 0 Å². The Bertz CT molecular complexity index is 475. The highest BCUT2D eigenvalue weighted by atomic mass is 16.7. The van der Waals surface area contributed by atoms with Crippen LogP contribution in [0.1, 0.15) is 59.3 Å². The second-order valence-corrected chi connectivity index (χ2v) is 8.71. The van der Waals surface area contributed by atoms with E-state index in [-0.39, 0.29) is 18.2 Å². The van der Waals surface area contributed by atoms with E-state index in [0.717, 1.165) is 31.7 Å². The molecule has 0 aromatic carbocycles. The third-order valence-electron chi connectivity index (χ3n) is 6.69. The third-order valence-corrected chi connectivity index (χ3v) is 6.69. The molecule has 1 spiro atoms. The molecule has 1 saturated heterocycles. The lowest BCUT2D eigenvalue weighted by atomic mass is 9.68. The smallest absolute Gasteiger partial charge is 0.169 e. The van der Waals surface area contributed by atoms with Gasteiger partial charge >= 0.3 is 0 Å². The second-order valence-electron chi connectivity index (χ2n) is 8.71. The lowest BCUT2D eigenvalue weighted by Gasteiger charge is -2.42. The summed E-state index contributed by atoms with van der Waals surface area (Å²) in [7, 11) is 3.30. The summed E-state index contributed by atoms with van der Waals surface area (Å²) in [6.45, 7) is 9.85. The lowest BCUT2D eigenvalue weighted by molar-refractivity contribution is -0.197. The molecule has 0 N–H and O–H groups in total. The summed E-state index contributed by atoms with van der Waals surface area (Å²) >= 11 is 0. The van der Waals surface area contributed by atoms with E-state index in [0.29, 0.717) is 25.1 Å². The topological polar surface area (TPSA) is 40.2 Å². The highest BCUT2D eigenvalue weighted by Crippen LogP contribution is 2.47. The van der Waals surface area contributed by atoms with Crippen molar-refractivity contribution in [2.45, 2.75) is 77.5 Å². The summed E-state index contributed by atoms with van der Waals surface area (Å²) in [6, 6.07) is 0. The van der Waals surface area contributed by atoms with E-state index in [4.69, 9.17) is 25.4 Å². The molecule has 156 valence electrons. The molecule has 0 aromatic heterocycles. The highest BCUT2D eigenvalue weighted by Gasteiger charge is 2.46. The first kappa shape index (κ1) is 22.6. The molecule has 0 amide bonds. The van der Waals surface area contributed by atoms with Gasteiger partial charge in [0, 0.05) is 33.6 Å². The molecule has 0 radical (unpaired) electrons. The first-order valence-electron chi connectivity index (χ1n) is 10.4. The molecule has 0 bridgehead atoms. The first-order chi connectivity index (χ1) is 12.9. The van der Waals surface area contributed by atoms with Crippen molar-refractivity contribution in [2.24, 2.45) is 11.3 Å². The zero-order valence-corrected chi connectivity index (χ0v) is 18.0. The van der Waals surface area contributed by atoms with Crippen molar-refractivity contribution < 1.29 is 18.9 Å². The van der Waals surface area contributed by atoms with Gasteiger partial charge in [0.15, 0.2) is 12.1 Å². The highest BCUT2D eigenvalue weighted by molar-refractivity contribution is 4.91. The summed E-state index contributed by atoms with van der Waals surface area (Å²) in [4.78, 5) is 2.17. The van der Waals surface area contributed by atoms with E-state index >= 15 is 0 Å². The maximum atomic E-state index is 6.41. The number of rotatable bonds is 10. The Morgan fingerprint density at radius 3 is 2.48 bits per heavy atom. The molecule has 5 nitrogen and oxygen atoms in total. The normalized spacial score (nSPS) is 29.0. The molecular weight excluding hydrogens is 342 g/mol. The monoisotopic (exact) mass is 381 g/mol. The maximum absolute atomic E-state index is 6.41. The molecular formula is C22H39NO4. The molecule has 1 aliphatic heterocycles. The average Bonchev–Trinajstić information content (AvgIpc) is 3.06. The summed E-state index contributed by atoms with van der Waals surface area (Å²) in [5, 5.41) is 0. The minimum atomic E-state index is -0.344. The van der Waals surface area contributed by atoms with Gasteiger partial charge in [-0.05, 0) is 30.6 Å². The van der Waals surface area contributed by atoms with Crippen LogP contribution in [0.15, 0.2) is 0 Å². The second kappa shape index (κ2) is 10.2. The summed E-state index contributed by atoms with van der Waals surface area (Å²) in [5.74, 6) is 3.15. The fourth-order valence-electron chi connectivity index (χ4n) is 4.30. The van der Waals surface area contributed by atoms with Crippen molar-refractivity contribution >= 4 is 0 Å². The zero-order chi connectivity index (χ0) is 19.9. The van der Waals surface area contributed by atoms with Gasteiger partial charge in [-0.1, -0.05) is 33.1 Å². The molecule has 2 aliphatic rings. The number of terminal acetylenes is 1. The van der Waals surface area contributed by atoms with Gasteiger partial charge in [0.25, 0.3) is 0 Å². The Kier molecular flexibility index (Phi) is 8.58. The van der Waals surface area contributed by atoms with E-state index in [1.54, 1.807) is 14.2 Å². The average molecular weight is 382 g/mol. The minimum absolute atomic E-state index is 0.143. The van der Waals surface area contributed by atoms with Gasteiger partial charge in [-0.15, -0.1) is 6.42 Å². The quantitative estimate of drug-likeness (QED) is 0.427. The predicted molar refractivity (Wildman–Crippen MR) is 107 cm³/mol. The van der Waals surface area contributed by atoms with E-state index in [1.807, 2.05) is 0 Å². The lowest BCUT2D eigenvalue weighted by Crippen LogP contribution is -2.40. The van der Waals surface area contributed by atoms with Crippen LogP contribution in [0.4, 0.5) is 0 Å². The van der Waals surface area contributed by atoms with Crippen LogP contribution in [0.3, 0.4) is 0 Å². The van der Waals surface area contributed by atoms with Gasteiger partial charge in [-0.3, -0.25) is 4.90 Å². The SMILES string of the molecule is C#CCN(CCC1COC2(CCC(C(C)(C)CC)CC2)O1)CC(OC)OC. The van der Waals surface area contributed by atoms with Crippen molar-refractivity contribution in [3.63, 3.8) is 0 Å². The van der Waals surface area contributed by atoms with Crippen molar-refractivity contribution in [2.75, 3.05) is 40.5 Å². The number of methoxy groups -OCH3 is 2. The molecule has 5 heteroatoms. The van der Waals surface area contributed by atoms with E-state index in [2.05, 4.69) is 31.6 Å². The molecule has 1 aliphatic carbocycles. The van der Waals surface area contributed by atoms with Gasteiger partial charge < -0.3 is 18.9 Å². The summed E-state index contributed by atoms with van der Waals surface area (Å²) in [5.41, 5.74) is 0.411. The van der Waals surface area contributed by atoms with Crippen LogP contribution < -0.4 is 0 Å². The largest absolute Gasteiger partial charge is 0.355 e. The predicted octanol–water partition coefficient (Wildman–Crippen LogP) is 3.67. The molecule has 2 fully saturated rings. The minimum Gasteiger partial charge on any atom is -0.355 e. The van der Waals surface area contributed by atoms with Crippen LogP contribution in [0.2, 0.25) is 0 Å². The fourth-order valence-corrected chi connectivity index (χ4v) is 4.30. The molecule has 1 heterocycles. The number of nitrogens with zero attached hydrogens (tertiary/aromatic N) is 1. The summed E-state index contributed by atoms with van der Waals surface area (Å²) in [6.07, 6.45) is 12.0.